The van der Waals surface area contributed by atoms with Crippen LogP contribution >= 0.6 is 11.3 Å². The van der Waals surface area contributed by atoms with Crippen LogP contribution in [0.25, 0.3) is 0 Å². The lowest BCUT2D eigenvalue weighted by Crippen LogP contribution is -2.36. The molecule has 0 aliphatic heterocycles. The molecule has 0 aliphatic rings. The number of nitrogens with zero attached hydrogens (tertiary/aromatic N) is 1. The number of hydrogen-bond donors (Lipinski definition) is 1. The Morgan fingerprint density at radius 2 is 1.78 bits per heavy atom. The smallest absolute Gasteiger partial charge is 0.322 e. The topological polar surface area (TPSA) is 41.6 Å². The van der Waals surface area contributed by atoms with Gasteiger partial charge in [0.25, 0.3) is 0 Å². The lowest BCUT2D eigenvalue weighted by molar-refractivity contribution is 0.210. The second-order valence-electron chi connectivity index (χ2n) is 6.30. The molecule has 140 valence electrons. The Bertz CT molecular complexity index is 877. The van der Waals surface area contributed by atoms with Crippen LogP contribution in [0.5, 0.6) is 5.75 Å². The molecule has 3 aromatic rings. The molecule has 0 fully saturated rings. The maximum absolute atomic E-state index is 13.0. The number of para-hydroxylation sites is 2. The van der Waals surface area contributed by atoms with Gasteiger partial charge in [0.1, 0.15) is 5.75 Å². The maximum atomic E-state index is 13.0. The van der Waals surface area contributed by atoms with Gasteiger partial charge in [0.15, 0.2) is 0 Å². The van der Waals surface area contributed by atoms with Gasteiger partial charge in [-0.25, -0.2) is 4.79 Å². The van der Waals surface area contributed by atoms with Crippen LogP contribution in [-0.4, -0.2) is 24.6 Å². The third-order valence-electron chi connectivity index (χ3n) is 4.29. The number of methoxy groups -OCH3 is 1. The Balaban J connectivity index is 1.74. The van der Waals surface area contributed by atoms with Crippen LogP contribution < -0.4 is 10.1 Å². The molecule has 0 atom stereocenters. The normalized spacial score (nSPS) is 10.4. The molecule has 0 aliphatic carbocycles. The molecule has 1 heterocycles. The van der Waals surface area contributed by atoms with Crippen LogP contribution in [0, 0.1) is 6.92 Å². The Morgan fingerprint density at radius 3 is 2.48 bits per heavy atom. The Morgan fingerprint density at radius 1 is 1.04 bits per heavy atom. The van der Waals surface area contributed by atoms with Crippen molar-refractivity contribution in [2.45, 2.75) is 19.9 Å². The SMILES string of the molecule is COc1ccccc1NC(=O)N(CCc1ccccc1)Cc1ccc(C)s1. The fourth-order valence-corrected chi connectivity index (χ4v) is 3.77. The molecule has 2 amide bonds. The van der Waals surface area contributed by atoms with Crippen molar-refractivity contribution >= 4 is 23.1 Å². The first-order chi connectivity index (χ1) is 13.2. The quantitative estimate of drug-likeness (QED) is 0.601. The number of hydrogen-bond acceptors (Lipinski definition) is 3. The van der Waals surface area contributed by atoms with Crippen LogP contribution in [0.3, 0.4) is 0 Å². The van der Waals surface area contributed by atoms with Gasteiger partial charge < -0.3 is 15.0 Å². The number of aryl methyl sites for hydroxylation is 1. The molecule has 3 rings (SSSR count). The van der Waals surface area contributed by atoms with Crippen LogP contribution in [-0.2, 0) is 13.0 Å². The summed E-state index contributed by atoms with van der Waals surface area (Å²) in [5.41, 5.74) is 1.90. The molecule has 0 unspecified atom stereocenters. The molecule has 0 spiro atoms. The standard InChI is InChI=1S/C22H24N2O2S/c1-17-12-13-19(27-17)16-24(15-14-18-8-4-3-5-9-18)22(25)23-20-10-6-7-11-21(20)26-2/h3-13H,14-16H2,1-2H3,(H,23,25). The van der Waals surface area contributed by atoms with Crippen molar-refractivity contribution in [2.24, 2.45) is 0 Å². The van der Waals surface area contributed by atoms with Crippen LogP contribution in [0.2, 0.25) is 0 Å². The van der Waals surface area contributed by atoms with Gasteiger partial charge in [-0.3, -0.25) is 0 Å². The van der Waals surface area contributed by atoms with Gasteiger partial charge in [-0.15, -0.1) is 11.3 Å². The summed E-state index contributed by atoms with van der Waals surface area (Å²) in [5, 5.41) is 2.99. The van der Waals surface area contributed by atoms with Crippen molar-refractivity contribution in [1.29, 1.82) is 0 Å². The number of benzene rings is 2. The van der Waals surface area contributed by atoms with E-state index in [-0.39, 0.29) is 6.03 Å². The summed E-state index contributed by atoms with van der Waals surface area (Å²) in [5.74, 6) is 0.654. The van der Waals surface area contributed by atoms with Crippen LogP contribution in [0.1, 0.15) is 15.3 Å². The highest BCUT2D eigenvalue weighted by Crippen LogP contribution is 2.24. The molecule has 27 heavy (non-hydrogen) atoms. The van der Waals surface area contributed by atoms with Gasteiger partial charge in [-0.1, -0.05) is 42.5 Å². The molecular formula is C22H24N2O2S. The van der Waals surface area contributed by atoms with E-state index >= 15 is 0 Å². The summed E-state index contributed by atoms with van der Waals surface area (Å²) in [6, 6.07) is 21.7. The molecule has 1 aromatic heterocycles. The Hall–Kier alpha value is -2.79. The van der Waals surface area contributed by atoms with Crippen LogP contribution in [0.4, 0.5) is 10.5 Å². The van der Waals surface area contributed by atoms with Crippen molar-refractivity contribution in [1.82, 2.24) is 4.90 Å². The summed E-state index contributed by atoms with van der Waals surface area (Å²) < 4.78 is 5.35. The van der Waals surface area contributed by atoms with E-state index < -0.39 is 0 Å². The summed E-state index contributed by atoms with van der Waals surface area (Å²) in [6.45, 7) is 3.31. The predicted octanol–water partition coefficient (Wildman–Crippen LogP) is 5.34. The first kappa shape index (κ1) is 19.0. The zero-order valence-corrected chi connectivity index (χ0v) is 16.5. The number of carbonyl (C=O) groups is 1. The van der Waals surface area contributed by atoms with Gasteiger partial charge in [-0.2, -0.15) is 0 Å². The summed E-state index contributed by atoms with van der Waals surface area (Å²) in [7, 11) is 1.60. The van der Waals surface area contributed by atoms with Gasteiger partial charge in [-0.05, 0) is 43.2 Å². The van der Waals surface area contributed by atoms with E-state index in [1.807, 2.05) is 47.4 Å². The Labute approximate surface area is 164 Å². The monoisotopic (exact) mass is 380 g/mol. The zero-order chi connectivity index (χ0) is 19.1. The molecule has 4 nitrogen and oxygen atoms in total. The van der Waals surface area contributed by atoms with Crippen molar-refractivity contribution in [3.63, 3.8) is 0 Å². The number of anilines is 1. The molecule has 0 saturated carbocycles. The van der Waals surface area contributed by atoms with Crippen molar-refractivity contribution in [2.75, 3.05) is 19.0 Å². The average Bonchev–Trinajstić information content (AvgIpc) is 3.11. The number of ether oxygens (including phenoxy) is 1. The highest BCUT2D eigenvalue weighted by molar-refractivity contribution is 7.11. The molecule has 0 bridgehead atoms. The zero-order valence-electron chi connectivity index (χ0n) is 15.6. The van der Waals surface area contributed by atoms with Crippen molar-refractivity contribution < 1.29 is 9.53 Å². The van der Waals surface area contributed by atoms with Gasteiger partial charge in [0.05, 0.1) is 19.3 Å². The summed E-state index contributed by atoms with van der Waals surface area (Å²) in [6.07, 6.45) is 0.810. The first-order valence-electron chi connectivity index (χ1n) is 8.94. The summed E-state index contributed by atoms with van der Waals surface area (Å²) in [4.78, 5) is 17.3. The van der Waals surface area contributed by atoms with Gasteiger partial charge in [0.2, 0.25) is 0 Å². The number of amides is 2. The van der Waals surface area contributed by atoms with E-state index in [9.17, 15) is 4.79 Å². The van der Waals surface area contributed by atoms with E-state index in [2.05, 4.69) is 36.5 Å². The van der Waals surface area contributed by atoms with Gasteiger partial charge in [0, 0.05) is 16.3 Å². The lowest BCUT2D eigenvalue weighted by Gasteiger charge is -2.23. The highest BCUT2D eigenvalue weighted by Gasteiger charge is 2.16. The van der Waals surface area contributed by atoms with Crippen LogP contribution in [0.15, 0.2) is 66.7 Å². The number of rotatable bonds is 7. The number of urea groups is 1. The van der Waals surface area contributed by atoms with Crippen molar-refractivity contribution in [3.05, 3.63) is 82.0 Å². The van der Waals surface area contributed by atoms with E-state index in [1.165, 1.54) is 15.3 Å². The van der Waals surface area contributed by atoms with E-state index in [0.717, 1.165) is 6.42 Å². The second kappa shape index (κ2) is 9.24. The maximum Gasteiger partial charge on any atom is 0.322 e. The van der Waals surface area contributed by atoms with E-state index in [4.69, 9.17) is 4.74 Å². The van der Waals surface area contributed by atoms with Gasteiger partial charge >= 0.3 is 6.03 Å². The molecular weight excluding hydrogens is 356 g/mol. The fraction of sp³-hybridized carbons (Fsp3) is 0.227. The molecule has 0 saturated heterocycles. The number of thiophene rings is 1. The minimum atomic E-state index is -0.124. The third kappa shape index (κ3) is 5.34. The fourth-order valence-electron chi connectivity index (χ4n) is 2.86. The molecule has 1 N–H and O–H groups in total. The summed E-state index contributed by atoms with van der Waals surface area (Å²) >= 11 is 1.72. The minimum Gasteiger partial charge on any atom is -0.495 e. The largest absolute Gasteiger partial charge is 0.495 e. The number of carbonyl (C=O) groups excluding carboxylic acids is 1. The van der Waals surface area contributed by atoms with E-state index in [1.54, 1.807) is 18.4 Å². The highest BCUT2D eigenvalue weighted by atomic mass is 32.1. The molecule has 0 radical (unpaired) electrons. The first-order valence-corrected chi connectivity index (χ1v) is 9.75. The Kier molecular flexibility index (Phi) is 6.49. The van der Waals surface area contributed by atoms with Crippen molar-refractivity contribution in [3.8, 4) is 5.75 Å². The third-order valence-corrected chi connectivity index (χ3v) is 5.28. The average molecular weight is 381 g/mol. The minimum absolute atomic E-state index is 0.124. The number of nitrogens with one attached hydrogen (secondary N) is 1. The molecule has 5 heteroatoms. The lowest BCUT2D eigenvalue weighted by atomic mass is 10.1. The molecule has 2 aromatic carbocycles. The predicted molar refractivity (Wildman–Crippen MR) is 112 cm³/mol. The second-order valence-corrected chi connectivity index (χ2v) is 7.67. The van der Waals surface area contributed by atoms with E-state index in [0.29, 0.717) is 24.5 Å².